The minimum absolute atomic E-state index is 0.0693. The first kappa shape index (κ1) is 19.5. The smallest absolute Gasteiger partial charge is 0.227 e. The van der Waals surface area contributed by atoms with Crippen molar-refractivity contribution in [3.63, 3.8) is 0 Å². The molecule has 7 nitrogen and oxygen atoms in total. The molecule has 0 aliphatic carbocycles. The number of halogens is 2. The maximum atomic E-state index is 13.8. The molecule has 9 heteroatoms. The molecular formula is C20H23F2N5O2. The van der Waals surface area contributed by atoms with Gasteiger partial charge in [-0.3, -0.25) is 4.79 Å². The number of piperazine rings is 1. The number of morpholine rings is 1. The van der Waals surface area contributed by atoms with Gasteiger partial charge in [0.25, 0.3) is 0 Å². The van der Waals surface area contributed by atoms with Crippen LogP contribution in [-0.4, -0.2) is 73.5 Å². The molecule has 154 valence electrons. The topological polar surface area (TPSA) is 61.8 Å². The maximum Gasteiger partial charge on any atom is 0.227 e. The van der Waals surface area contributed by atoms with E-state index in [-0.39, 0.29) is 17.9 Å². The van der Waals surface area contributed by atoms with Crippen LogP contribution in [0.2, 0.25) is 0 Å². The van der Waals surface area contributed by atoms with Gasteiger partial charge in [-0.2, -0.15) is 0 Å². The van der Waals surface area contributed by atoms with Gasteiger partial charge in [0.1, 0.15) is 11.6 Å². The van der Waals surface area contributed by atoms with Crippen LogP contribution in [0.4, 0.5) is 20.4 Å². The molecule has 0 atom stereocenters. The Morgan fingerprint density at radius 3 is 2.10 bits per heavy atom. The van der Waals surface area contributed by atoms with Gasteiger partial charge in [0.15, 0.2) is 11.6 Å². The van der Waals surface area contributed by atoms with E-state index < -0.39 is 11.6 Å². The van der Waals surface area contributed by atoms with E-state index >= 15 is 0 Å². The first-order chi connectivity index (χ1) is 14.1. The SMILES string of the molecule is O=C(Cc1ccc(F)cc1F)N1CCN(c2ccc(N3CCOCC3)nn2)CC1. The average Bonchev–Trinajstić information content (AvgIpc) is 2.76. The number of carbonyl (C=O) groups is 1. The van der Waals surface area contributed by atoms with Crippen LogP contribution in [0, 0.1) is 11.6 Å². The second-order valence-electron chi connectivity index (χ2n) is 7.13. The van der Waals surface area contributed by atoms with Gasteiger partial charge in [-0.25, -0.2) is 8.78 Å². The average molecular weight is 403 g/mol. The molecule has 4 rings (SSSR count). The Balaban J connectivity index is 1.31. The zero-order valence-electron chi connectivity index (χ0n) is 16.1. The summed E-state index contributed by atoms with van der Waals surface area (Å²) in [4.78, 5) is 18.4. The van der Waals surface area contributed by atoms with E-state index in [0.717, 1.165) is 30.8 Å². The van der Waals surface area contributed by atoms with Gasteiger partial charge in [0.2, 0.25) is 5.91 Å². The number of benzene rings is 1. The molecule has 2 aliphatic rings. The molecule has 2 saturated heterocycles. The Morgan fingerprint density at radius 2 is 1.52 bits per heavy atom. The highest BCUT2D eigenvalue weighted by atomic mass is 19.1. The molecule has 0 unspecified atom stereocenters. The highest BCUT2D eigenvalue weighted by Crippen LogP contribution is 2.18. The monoisotopic (exact) mass is 403 g/mol. The predicted molar refractivity (Wildman–Crippen MR) is 104 cm³/mol. The van der Waals surface area contributed by atoms with Crippen LogP contribution in [0.3, 0.4) is 0 Å². The number of rotatable bonds is 4. The van der Waals surface area contributed by atoms with Crippen molar-refractivity contribution in [2.45, 2.75) is 6.42 Å². The van der Waals surface area contributed by atoms with Crippen LogP contribution in [0.25, 0.3) is 0 Å². The van der Waals surface area contributed by atoms with Gasteiger partial charge >= 0.3 is 0 Å². The van der Waals surface area contributed by atoms with Crippen molar-refractivity contribution in [1.82, 2.24) is 15.1 Å². The summed E-state index contributed by atoms with van der Waals surface area (Å²) in [7, 11) is 0. The van der Waals surface area contributed by atoms with Crippen molar-refractivity contribution in [1.29, 1.82) is 0 Å². The Morgan fingerprint density at radius 1 is 0.897 bits per heavy atom. The summed E-state index contributed by atoms with van der Waals surface area (Å²) in [6, 6.07) is 7.21. The lowest BCUT2D eigenvalue weighted by Gasteiger charge is -2.35. The van der Waals surface area contributed by atoms with E-state index in [1.165, 1.54) is 12.1 Å². The van der Waals surface area contributed by atoms with Crippen molar-refractivity contribution in [2.75, 3.05) is 62.3 Å². The first-order valence-electron chi connectivity index (χ1n) is 9.73. The molecular weight excluding hydrogens is 380 g/mol. The zero-order chi connectivity index (χ0) is 20.2. The van der Waals surface area contributed by atoms with Crippen LogP contribution in [0.5, 0.6) is 0 Å². The van der Waals surface area contributed by atoms with E-state index in [2.05, 4.69) is 20.0 Å². The summed E-state index contributed by atoms with van der Waals surface area (Å²) in [5.74, 6) is 0.121. The van der Waals surface area contributed by atoms with Crippen LogP contribution < -0.4 is 9.80 Å². The number of hydrogen-bond donors (Lipinski definition) is 0. The minimum atomic E-state index is -0.687. The molecule has 1 aromatic heterocycles. The molecule has 0 N–H and O–H groups in total. The van der Waals surface area contributed by atoms with Crippen molar-refractivity contribution in [2.24, 2.45) is 0 Å². The zero-order valence-corrected chi connectivity index (χ0v) is 16.1. The number of ether oxygens (including phenoxy) is 1. The van der Waals surface area contributed by atoms with Crippen LogP contribution in [0.1, 0.15) is 5.56 Å². The second kappa shape index (κ2) is 8.69. The number of hydrogen-bond acceptors (Lipinski definition) is 6. The normalized spacial score (nSPS) is 17.5. The predicted octanol–water partition coefficient (Wildman–Crippen LogP) is 1.48. The highest BCUT2D eigenvalue weighted by molar-refractivity contribution is 5.79. The van der Waals surface area contributed by atoms with Crippen molar-refractivity contribution < 1.29 is 18.3 Å². The van der Waals surface area contributed by atoms with E-state index in [1.807, 2.05) is 12.1 Å². The van der Waals surface area contributed by atoms with Crippen LogP contribution in [0.15, 0.2) is 30.3 Å². The summed E-state index contributed by atoms with van der Waals surface area (Å²) >= 11 is 0. The standard InChI is InChI=1S/C20H23F2N5O2/c21-16-2-1-15(17(22)14-16)13-20(28)27-7-5-25(6-8-27)18-3-4-19(24-23-18)26-9-11-29-12-10-26/h1-4,14H,5-13H2. The molecule has 2 fully saturated rings. The highest BCUT2D eigenvalue weighted by Gasteiger charge is 2.23. The second-order valence-corrected chi connectivity index (χ2v) is 7.13. The fourth-order valence-electron chi connectivity index (χ4n) is 3.57. The molecule has 2 aliphatic heterocycles. The number of anilines is 2. The number of amides is 1. The molecule has 0 saturated carbocycles. The van der Waals surface area contributed by atoms with Crippen LogP contribution >= 0.6 is 0 Å². The fraction of sp³-hybridized carbons (Fsp3) is 0.450. The summed E-state index contributed by atoms with van der Waals surface area (Å²) in [5.41, 5.74) is 0.211. The van der Waals surface area contributed by atoms with Gasteiger partial charge in [0.05, 0.1) is 19.6 Å². The molecule has 0 bridgehead atoms. The first-order valence-corrected chi connectivity index (χ1v) is 9.73. The molecule has 1 amide bonds. The third-order valence-corrected chi connectivity index (χ3v) is 5.28. The van der Waals surface area contributed by atoms with Gasteiger partial charge in [-0.05, 0) is 23.8 Å². The van der Waals surface area contributed by atoms with E-state index in [0.29, 0.717) is 39.4 Å². The van der Waals surface area contributed by atoms with Crippen molar-refractivity contribution >= 4 is 17.5 Å². The molecule has 0 spiro atoms. The van der Waals surface area contributed by atoms with Gasteiger partial charge in [0, 0.05) is 45.3 Å². The Hall–Kier alpha value is -2.81. The van der Waals surface area contributed by atoms with E-state index in [9.17, 15) is 13.6 Å². The molecule has 1 aromatic carbocycles. The van der Waals surface area contributed by atoms with Crippen molar-refractivity contribution in [3.8, 4) is 0 Å². The van der Waals surface area contributed by atoms with Crippen LogP contribution in [-0.2, 0) is 16.0 Å². The summed E-state index contributed by atoms with van der Waals surface area (Å²) < 4.78 is 32.1. The molecule has 0 radical (unpaired) electrons. The molecule has 2 aromatic rings. The molecule has 3 heterocycles. The third kappa shape index (κ3) is 4.61. The maximum absolute atomic E-state index is 13.8. The minimum Gasteiger partial charge on any atom is -0.378 e. The number of nitrogens with zero attached hydrogens (tertiary/aromatic N) is 5. The lowest BCUT2D eigenvalue weighted by atomic mass is 10.1. The Bertz CT molecular complexity index is 850. The van der Waals surface area contributed by atoms with Crippen molar-refractivity contribution in [3.05, 3.63) is 47.5 Å². The lowest BCUT2D eigenvalue weighted by molar-refractivity contribution is -0.130. The fourth-order valence-corrected chi connectivity index (χ4v) is 3.57. The summed E-state index contributed by atoms with van der Waals surface area (Å²) in [6.45, 7) is 5.31. The van der Waals surface area contributed by atoms with Gasteiger partial charge in [-0.1, -0.05) is 6.07 Å². The largest absolute Gasteiger partial charge is 0.378 e. The van der Waals surface area contributed by atoms with Gasteiger partial charge < -0.3 is 19.4 Å². The Labute approximate surface area is 167 Å². The third-order valence-electron chi connectivity index (χ3n) is 5.28. The van der Waals surface area contributed by atoms with E-state index in [1.54, 1.807) is 4.90 Å². The number of carbonyl (C=O) groups excluding carboxylic acids is 1. The quantitative estimate of drug-likeness (QED) is 0.771. The lowest BCUT2D eigenvalue weighted by Crippen LogP contribution is -2.49. The summed E-state index contributed by atoms with van der Waals surface area (Å²) in [5, 5.41) is 8.67. The Kier molecular flexibility index (Phi) is 5.84. The molecule has 29 heavy (non-hydrogen) atoms. The number of aromatic nitrogens is 2. The van der Waals surface area contributed by atoms with E-state index in [4.69, 9.17) is 4.74 Å². The van der Waals surface area contributed by atoms with Gasteiger partial charge in [-0.15, -0.1) is 10.2 Å². The summed E-state index contributed by atoms with van der Waals surface area (Å²) in [6.07, 6.45) is -0.0693.